The van der Waals surface area contributed by atoms with E-state index < -0.39 is 11.5 Å². The Morgan fingerprint density at radius 2 is 2.21 bits per heavy atom. The predicted molar refractivity (Wildman–Crippen MR) is 88.8 cm³/mol. The van der Waals surface area contributed by atoms with Crippen LogP contribution in [0.25, 0.3) is 11.0 Å². The molecule has 2 heterocycles. The second-order valence-corrected chi connectivity index (χ2v) is 6.07. The number of para-hydroxylation sites is 1. The second-order valence-electron chi connectivity index (χ2n) is 6.07. The van der Waals surface area contributed by atoms with Crippen LogP contribution in [0.15, 0.2) is 45.7 Å². The zero-order chi connectivity index (χ0) is 16.7. The van der Waals surface area contributed by atoms with Crippen LogP contribution >= 0.6 is 0 Å². The molecule has 0 unspecified atom stereocenters. The molecule has 4 rings (SSSR count). The Morgan fingerprint density at radius 1 is 1.38 bits per heavy atom. The summed E-state index contributed by atoms with van der Waals surface area (Å²) < 4.78 is 7.09. The summed E-state index contributed by atoms with van der Waals surface area (Å²) in [6.45, 7) is 0. The number of amides is 1. The van der Waals surface area contributed by atoms with Crippen LogP contribution in [-0.2, 0) is 13.5 Å². The summed E-state index contributed by atoms with van der Waals surface area (Å²) in [5.74, 6) is -0.406. The number of aryl methyl sites for hydroxylation is 1. The molecule has 6 nitrogen and oxygen atoms in total. The number of benzene rings is 1. The molecule has 2 aromatic heterocycles. The highest BCUT2D eigenvalue weighted by Gasteiger charge is 2.26. The molecule has 0 bridgehead atoms. The van der Waals surface area contributed by atoms with Gasteiger partial charge >= 0.3 is 5.63 Å². The van der Waals surface area contributed by atoms with Crippen molar-refractivity contribution in [1.29, 1.82) is 0 Å². The van der Waals surface area contributed by atoms with Crippen LogP contribution in [0.5, 0.6) is 0 Å². The van der Waals surface area contributed by atoms with E-state index in [2.05, 4.69) is 10.4 Å². The van der Waals surface area contributed by atoms with Gasteiger partial charge in [-0.15, -0.1) is 0 Å². The molecular formula is C18H17N3O3. The Kier molecular flexibility index (Phi) is 3.45. The lowest BCUT2D eigenvalue weighted by atomic mass is 9.93. The number of hydrogen-bond acceptors (Lipinski definition) is 4. The molecule has 6 heteroatoms. The Morgan fingerprint density at radius 3 is 3.08 bits per heavy atom. The van der Waals surface area contributed by atoms with Gasteiger partial charge in [0, 0.05) is 23.7 Å². The molecule has 0 aliphatic heterocycles. The third kappa shape index (κ3) is 2.40. The minimum atomic E-state index is -0.617. The molecule has 24 heavy (non-hydrogen) atoms. The molecule has 0 fully saturated rings. The first-order chi connectivity index (χ1) is 11.6. The van der Waals surface area contributed by atoms with E-state index in [1.807, 2.05) is 23.9 Å². The van der Waals surface area contributed by atoms with Gasteiger partial charge in [0.25, 0.3) is 5.91 Å². The molecule has 0 saturated carbocycles. The Balaban J connectivity index is 1.66. The van der Waals surface area contributed by atoms with E-state index in [1.165, 1.54) is 0 Å². The quantitative estimate of drug-likeness (QED) is 0.734. The van der Waals surface area contributed by atoms with Crippen molar-refractivity contribution in [3.05, 3.63) is 63.8 Å². The summed E-state index contributed by atoms with van der Waals surface area (Å²) >= 11 is 0. The topological polar surface area (TPSA) is 77.1 Å². The fourth-order valence-corrected chi connectivity index (χ4v) is 3.31. The van der Waals surface area contributed by atoms with Crippen molar-refractivity contribution in [2.75, 3.05) is 0 Å². The molecule has 0 saturated heterocycles. The van der Waals surface area contributed by atoms with E-state index in [0.29, 0.717) is 5.58 Å². The van der Waals surface area contributed by atoms with Crippen LogP contribution in [0.2, 0.25) is 0 Å². The molecule has 0 radical (unpaired) electrons. The van der Waals surface area contributed by atoms with Crippen molar-refractivity contribution in [3.8, 4) is 0 Å². The van der Waals surface area contributed by atoms with Gasteiger partial charge in [-0.1, -0.05) is 18.2 Å². The van der Waals surface area contributed by atoms with Crippen molar-refractivity contribution in [2.45, 2.75) is 25.3 Å². The van der Waals surface area contributed by atoms with E-state index in [4.69, 9.17) is 4.42 Å². The standard InChI is InChI=1S/C18H17N3O3/c1-21-15-7-4-6-14(13(15)10-19-21)20-17(22)12-9-11-5-2-3-8-16(11)24-18(12)23/h2-3,5,8-10,14H,4,6-7H2,1H3,(H,20,22)/t14-/m1/s1. The normalized spacial score (nSPS) is 16.8. The minimum absolute atomic E-state index is 0.0321. The number of carbonyl (C=O) groups excluding carboxylic acids is 1. The molecule has 1 amide bonds. The molecule has 0 spiro atoms. The highest BCUT2D eigenvalue weighted by atomic mass is 16.4. The van der Waals surface area contributed by atoms with Gasteiger partial charge < -0.3 is 9.73 Å². The summed E-state index contributed by atoms with van der Waals surface area (Å²) in [6.07, 6.45) is 4.56. The van der Waals surface area contributed by atoms with Crippen LogP contribution < -0.4 is 10.9 Å². The Hall–Kier alpha value is -2.89. The largest absolute Gasteiger partial charge is 0.422 e. The zero-order valence-electron chi connectivity index (χ0n) is 13.3. The molecule has 1 aliphatic rings. The summed E-state index contributed by atoms with van der Waals surface area (Å²) in [4.78, 5) is 24.7. The van der Waals surface area contributed by atoms with Crippen molar-refractivity contribution in [1.82, 2.24) is 15.1 Å². The van der Waals surface area contributed by atoms with Gasteiger partial charge in [0.1, 0.15) is 11.1 Å². The number of fused-ring (bicyclic) bond motifs is 2. The number of nitrogens with one attached hydrogen (secondary N) is 1. The lowest BCUT2D eigenvalue weighted by Gasteiger charge is -2.23. The molecule has 1 aliphatic carbocycles. The van der Waals surface area contributed by atoms with Crippen molar-refractivity contribution in [2.24, 2.45) is 7.05 Å². The van der Waals surface area contributed by atoms with Crippen molar-refractivity contribution >= 4 is 16.9 Å². The first kappa shape index (κ1) is 14.7. The second kappa shape index (κ2) is 5.63. The van der Waals surface area contributed by atoms with Crippen LogP contribution in [-0.4, -0.2) is 15.7 Å². The van der Waals surface area contributed by atoms with Gasteiger partial charge in [-0.2, -0.15) is 5.10 Å². The lowest BCUT2D eigenvalue weighted by Crippen LogP contribution is -2.33. The maximum Gasteiger partial charge on any atom is 0.349 e. The first-order valence-corrected chi connectivity index (χ1v) is 7.98. The maximum atomic E-state index is 12.6. The van der Waals surface area contributed by atoms with Crippen LogP contribution in [0.4, 0.5) is 0 Å². The molecule has 3 aromatic rings. The third-order valence-corrected chi connectivity index (χ3v) is 4.57. The summed E-state index contributed by atoms with van der Waals surface area (Å²) in [7, 11) is 1.90. The molecular weight excluding hydrogens is 306 g/mol. The zero-order valence-corrected chi connectivity index (χ0v) is 13.3. The fourth-order valence-electron chi connectivity index (χ4n) is 3.31. The van der Waals surface area contributed by atoms with Crippen molar-refractivity contribution in [3.63, 3.8) is 0 Å². The first-order valence-electron chi connectivity index (χ1n) is 7.98. The highest BCUT2D eigenvalue weighted by Crippen LogP contribution is 2.29. The van der Waals surface area contributed by atoms with Gasteiger partial charge in [0.15, 0.2) is 0 Å². The van der Waals surface area contributed by atoms with Gasteiger partial charge in [0.2, 0.25) is 0 Å². The monoisotopic (exact) mass is 323 g/mol. The molecule has 1 N–H and O–H groups in total. The van der Waals surface area contributed by atoms with E-state index in [1.54, 1.807) is 24.4 Å². The molecule has 1 atom stereocenters. The Bertz CT molecular complexity index is 987. The van der Waals surface area contributed by atoms with Crippen LogP contribution in [0.3, 0.4) is 0 Å². The average Bonchev–Trinajstić information content (AvgIpc) is 2.96. The van der Waals surface area contributed by atoms with Gasteiger partial charge in [-0.05, 0) is 31.4 Å². The SMILES string of the molecule is Cn1ncc2c1CCC[C@H]2NC(=O)c1cc2ccccc2oc1=O. The minimum Gasteiger partial charge on any atom is -0.422 e. The van der Waals surface area contributed by atoms with E-state index in [-0.39, 0.29) is 11.6 Å². The average molecular weight is 323 g/mol. The van der Waals surface area contributed by atoms with Gasteiger partial charge in [-0.3, -0.25) is 9.48 Å². The molecule has 122 valence electrons. The number of nitrogens with zero attached hydrogens (tertiary/aromatic N) is 2. The smallest absolute Gasteiger partial charge is 0.349 e. The van der Waals surface area contributed by atoms with E-state index in [0.717, 1.165) is 35.9 Å². The maximum absolute atomic E-state index is 12.6. The van der Waals surface area contributed by atoms with E-state index >= 15 is 0 Å². The summed E-state index contributed by atoms with van der Waals surface area (Å²) in [5.41, 5.74) is 2.06. The lowest BCUT2D eigenvalue weighted by molar-refractivity contribution is 0.0929. The number of aromatic nitrogens is 2. The summed E-state index contributed by atoms with van der Waals surface area (Å²) in [6, 6.07) is 8.62. The molecule has 1 aromatic carbocycles. The van der Waals surface area contributed by atoms with Crippen molar-refractivity contribution < 1.29 is 9.21 Å². The van der Waals surface area contributed by atoms with Crippen LogP contribution in [0.1, 0.15) is 40.5 Å². The highest BCUT2D eigenvalue weighted by molar-refractivity contribution is 5.96. The fraction of sp³-hybridized carbons (Fsp3) is 0.278. The van der Waals surface area contributed by atoms with Crippen LogP contribution in [0, 0.1) is 0 Å². The number of carbonyl (C=O) groups is 1. The Labute approximate surface area is 138 Å². The van der Waals surface area contributed by atoms with Gasteiger partial charge in [-0.25, -0.2) is 4.79 Å². The van der Waals surface area contributed by atoms with E-state index in [9.17, 15) is 9.59 Å². The predicted octanol–water partition coefficient (Wildman–Crippen LogP) is 2.33. The van der Waals surface area contributed by atoms with Gasteiger partial charge in [0.05, 0.1) is 12.2 Å². The number of hydrogen-bond donors (Lipinski definition) is 1. The third-order valence-electron chi connectivity index (χ3n) is 4.57. The number of rotatable bonds is 2. The summed E-state index contributed by atoms with van der Waals surface area (Å²) in [5, 5.41) is 7.96.